The molecule has 0 saturated carbocycles. The van der Waals surface area contributed by atoms with Crippen LogP contribution in [0.5, 0.6) is 0 Å². The molecule has 0 amide bonds. The lowest BCUT2D eigenvalue weighted by molar-refractivity contribution is -0.151. The third kappa shape index (κ3) is 2.06. The molecule has 1 aliphatic rings. The zero-order valence-corrected chi connectivity index (χ0v) is 8.30. The van der Waals surface area contributed by atoms with Crippen LogP contribution in [0.2, 0.25) is 0 Å². The highest BCUT2D eigenvalue weighted by molar-refractivity contribution is 6.08. The third-order valence-corrected chi connectivity index (χ3v) is 2.20. The van der Waals surface area contributed by atoms with Crippen molar-refractivity contribution in [3.05, 3.63) is 40.7 Å². The molecule has 1 fully saturated rings. The van der Waals surface area contributed by atoms with E-state index in [1.54, 1.807) is 0 Å². The lowest BCUT2D eigenvalue weighted by atomic mass is 10.1. The molecular formula is C11H5F3O3. The second-order valence-electron chi connectivity index (χ2n) is 3.37. The van der Waals surface area contributed by atoms with E-state index in [0.717, 1.165) is 18.2 Å². The molecule has 3 nitrogen and oxygen atoms in total. The van der Waals surface area contributed by atoms with E-state index in [2.05, 4.69) is 4.74 Å². The molecule has 1 heterocycles. The van der Waals surface area contributed by atoms with Crippen LogP contribution >= 0.6 is 0 Å². The molecular weight excluding hydrogens is 237 g/mol. The molecule has 88 valence electrons. The number of carbonyl (C=O) groups excluding carboxylic acids is 2. The number of hydrogen-bond acceptors (Lipinski definition) is 3. The summed E-state index contributed by atoms with van der Waals surface area (Å²) in [6.45, 7) is 0. The summed E-state index contributed by atoms with van der Waals surface area (Å²) in [5, 5.41) is 0. The minimum atomic E-state index is -1.63. The second-order valence-corrected chi connectivity index (χ2v) is 3.37. The Kier molecular flexibility index (Phi) is 2.71. The van der Waals surface area contributed by atoms with Gasteiger partial charge >= 0.3 is 11.9 Å². The van der Waals surface area contributed by atoms with Gasteiger partial charge in [-0.15, -0.1) is 0 Å². The highest BCUT2D eigenvalue weighted by Crippen LogP contribution is 2.22. The first-order chi connectivity index (χ1) is 7.99. The lowest BCUT2D eigenvalue weighted by Crippen LogP contribution is -1.98. The topological polar surface area (TPSA) is 43.4 Å². The molecule has 0 aromatic heterocycles. The minimum absolute atomic E-state index is 0.0973. The summed E-state index contributed by atoms with van der Waals surface area (Å²) >= 11 is 0. The first kappa shape index (κ1) is 11.4. The molecule has 0 unspecified atom stereocenters. The van der Waals surface area contributed by atoms with Crippen LogP contribution in [0.15, 0.2) is 17.7 Å². The van der Waals surface area contributed by atoms with Gasteiger partial charge in [0.2, 0.25) is 0 Å². The van der Waals surface area contributed by atoms with Crippen molar-refractivity contribution in [3.8, 4) is 0 Å². The summed E-state index contributed by atoms with van der Waals surface area (Å²) in [6, 6.07) is 1.70. The smallest absolute Gasteiger partial charge is 0.342 e. The predicted octanol–water partition coefficient (Wildman–Crippen LogP) is 1.96. The van der Waals surface area contributed by atoms with Crippen LogP contribution in [0.1, 0.15) is 12.0 Å². The normalized spacial score (nSPS) is 17.7. The van der Waals surface area contributed by atoms with Crippen LogP contribution in [0.4, 0.5) is 13.2 Å². The average molecular weight is 242 g/mol. The summed E-state index contributed by atoms with van der Waals surface area (Å²) in [5.74, 6) is -6.03. The van der Waals surface area contributed by atoms with Gasteiger partial charge in [0.1, 0.15) is 0 Å². The zero-order valence-electron chi connectivity index (χ0n) is 8.30. The van der Waals surface area contributed by atoms with E-state index in [0.29, 0.717) is 0 Å². The fraction of sp³-hybridized carbons (Fsp3) is 0.0909. The van der Waals surface area contributed by atoms with Crippen LogP contribution in [0, 0.1) is 17.5 Å². The van der Waals surface area contributed by atoms with Crippen molar-refractivity contribution < 1.29 is 27.5 Å². The van der Waals surface area contributed by atoms with Crippen molar-refractivity contribution in [3.63, 3.8) is 0 Å². The van der Waals surface area contributed by atoms with E-state index in [-0.39, 0.29) is 17.6 Å². The van der Waals surface area contributed by atoms with E-state index >= 15 is 0 Å². The Morgan fingerprint density at radius 1 is 1.12 bits per heavy atom. The van der Waals surface area contributed by atoms with Gasteiger partial charge in [-0.3, -0.25) is 4.79 Å². The standard InChI is InChI=1S/C11H5F3O3/c12-7-2-1-5(9(13)10(7)14)3-6-4-8(15)17-11(6)16/h1-3H,4H2/b6-3+. The van der Waals surface area contributed by atoms with Crippen molar-refractivity contribution in [2.45, 2.75) is 6.42 Å². The highest BCUT2D eigenvalue weighted by Gasteiger charge is 2.27. The predicted molar refractivity (Wildman–Crippen MR) is 50.0 cm³/mol. The van der Waals surface area contributed by atoms with Crippen molar-refractivity contribution >= 4 is 18.0 Å². The number of carbonyl (C=O) groups is 2. The summed E-state index contributed by atoms with van der Waals surface area (Å²) in [6.07, 6.45) is 0.655. The Hall–Kier alpha value is -2.11. The number of halogens is 3. The Morgan fingerprint density at radius 2 is 1.82 bits per heavy atom. The molecule has 1 aliphatic heterocycles. The van der Waals surface area contributed by atoms with E-state index < -0.39 is 29.4 Å². The lowest BCUT2D eigenvalue weighted by Gasteiger charge is -1.99. The third-order valence-electron chi connectivity index (χ3n) is 2.20. The molecule has 1 aromatic rings. The van der Waals surface area contributed by atoms with E-state index in [4.69, 9.17) is 0 Å². The fourth-order valence-corrected chi connectivity index (χ4v) is 1.38. The largest absolute Gasteiger partial charge is 0.389 e. The highest BCUT2D eigenvalue weighted by atomic mass is 19.2. The van der Waals surface area contributed by atoms with Crippen molar-refractivity contribution in [1.29, 1.82) is 0 Å². The number of benzene rings is 1. The molecule has 0 N–H and O–H groups in total. The summed E-state index contributed by atoms with van der Waals surface area (Å²) < 4.78 is 43.0. The summed E-state index contributed by atoms with van der Waals surface area (Å²) in [5.41, 5.74) is -0.412. The van der Waals surface area contributed by atoms with E-state index in [1.807, 2.05) is 0 Å². The molecule has 1 saturated heterocycles. The van der Waals surface area contributed by atoms with E-state index in [9.17, 15) is 22.8 Å². The van der Waals surface area contributed by atoms with Gasteiger partial charge in [0.25, 0.3) is 0 Å². The van der Waals surface area contributed by atoms with Crippen molar-refractivity contribution in [2.75, 3.05) is 0 Å². The molecule has 0 atom stereocenters. The van der Waals surface area contributed by atoms with E-state index in [1.165, 1.54) is 0 Å². The SMILES string of the molecule is O=C1C/C(=C\c2ccc(F)c(F)c2F)C(=O)O1. The Labute approximate surface area is 93.5 Å². The van der Waals surface area contributed by atoms with Gasteiger partial charge in [-0.05, 0) is 18.2 Å². The van der Waals surface area contributed by atoms with Crippen molar-refractivity contribution in [1.82, 2.24) is 0 Å². The fourth-order valence-electron chi connectivity index (χ4n) is 1.38. The molecule has 0 aliphatic carbocycles. The van der Waals surface area contributed by atoms with Gasteiger partial charge in [0, 0.05) is 11.1 Å². The molecule has 17 heavy (non-hydrogen) atoms. The molecule has 6 heteroatoms. The van der Waals surface area contributed by atoms with Gasteiger partial charge in [-0.2, -0.15) is 0 Å². The number of esters is 2. The zero-order chi connectivity index (χ0) is 12.6. The molecule has 0 spiro atoms. The summed E-state index contributed by atoms with van der Waals surface area (Å²) in [4.78, 5) is 21.8. The number of cyclic esters (lactones) is 2. The molecule has 2 rings (SSSR count). The van der Waals surface area contributed by atoms with Gasteiger partial charge in [-0.1, -0.05) is 0 Å². The van der Waals surface area contributed by atoms with Gasteiger partial charge in [-0.25, -0.2) is 18.0 Å². The van der Waals surface area contributed by atoms with Crippen LogP contribution in [-0.4, -0.2) is 11.9 Å². The summed E-state index contributed by atoms with van der Waals surface area (Å²) in [7, 11) is 0. The average Bonchev–Trinajstić information content (AvgIpc) is 2.58. The molecule has 1 aromatic carbocycles. The number of hydrogen-bond donors (Lipinski definition) is 0. The maximum atomic E-state index is 13.2. The second kappa shape index (κ2) is 4.04. The Bertz CT molecular complexity index is 549. The number of rotatable bonds is 1. The molecule has 0 radical (unpaired) electrons. The first-order valence-corrected chi connectivity index (χ1v) is 4.58. The molecule has 0 bridgehead atoms. The van der Waals surface area contributed by atoms with Gasteiger partial charge in [0.05, 0.1) is 6.42 Å². The van der Waals surface area contributed by atoms with Gasteiger partial charge in [0.15, 0.2) is 17.5 Å². The van der Waals surface area contributed by atoms with Crippen LogP contribution < -0.4 is 0 Å². The Balaban J connectivity index is 2.43. The van der Waals surface area contributed by atoms with Crippen LogP contribution in [-0.2, 0) is 14.3 Å². The maximum absolute atomic E-state index is 13.2. The monoisotopic (exact) mass is 242 g/mol. The van der Waals surface area contributed by atoms with Crippen molar-refractivity contribution in [2.24, 2.45) is 0 Å². The Morgan fingerprint density at radius 3 is 2.41 bits per heavy atom. The maximum Gasteiger partial charge on any atom is 0.342 e. The van der Waals surface area contributed by atoms with Gasteiger partial charge < -0.3 is 4.74 Å². The quantitative estimate of drug-likeness (QED) is 0.327. The van der Waals surface area contributed by atoms with Crippen LogP contribution in [0.3, 0.4) is 0 Å². The first-order valence-electron chi connectivity index (χ1n) is 4.58. The minimum Gasteiger partial charge on any atom is -0.389 e. The van der Waals surface area contributed by atoms with Crippen LogP contribution in [0.25, 0.3) is 6.08 Å². The number of ether oxygens (including phenoxy) is 1.